The zero-order valence-electron chi connectivity index (χ0n) is 8.78. The highest BCUT2D eigenvalue weighted by Gasteiger charge is 2.13. The summed E-state index contributed by atoms with van der Waals surface area (Å²) >= 11 is 0. The third kappa shape index (κ3) is 1.78. The van der Waals surface area contributed by atoms with Crippen molar-refractivity contribution in [2.45, 2.75) is 13.0 Å². The van der Waals surface area contributed by atoms with Crippen LogP contribution >= 0.6 is 0 Å². The number of hydrogen-bond acceptors (Lipinski definition) is 3. The number of benzene rings is 1. The Morgan fingerprint density at radius 1 is 1.40 bits per heavy atom. The molecule has 0 saturated heterocycles. The lowest BCUT2D eigenvalue weighted by Crippen LogP contribution is -2.30. The molecule has 2 aromatic rings. The zero-order chi connectivity index (χ0) is 10.8. The molecule has 0 amide bonds. The minimum atomic E-state index is -0.158. The fourth-order valence-corrected chi connectivity index (χ4v) is 1.50. The van der Waals surface area contributed by atoms with Crippen LogP contribution in [0.5, 0.6) is 0 Å². The standard InChI is InChI=1S/C12H13NO2/c1-8(13-2)12(14)10-3-4-11-9(7-10)5-6-15-11/h3-8,13H,1-2H3/t8-/m1/s1. The SMILES string of the molecule is CN[C@H](C)C(=O)c1ccc2occc2c1. The Kier molecular flexibility index (Phi) is 2.56. The van der Waals surface area contributed by atoms with Gasteiger partial charge < -0.3 is 9.73 Å². The summed E-state index contributed by atoms with van der Waals surface area (Å²) < 4.78 is 5.21. The lowest BCUT2D eigenvalue weighted by atomic mass is 10.0. The predicted molar refractivity (Wildman–Crippen MR) is 59.1 cm³/mol. The van der Waals surface area contributed by atoms with Crippen molar-refractivity contribution in [3.63, 3.8) is 0 Å². The van der Waals surface area contributed by atoms with E-state index in [4.69, 9.17) is 4.42 Å². The summed E-state index contributed by atoms with van der Waals surface area (Å²) in [6.45, 7) is 1.85. The number of likely N-dealkylation sites (N-methyl/N-ethyl adjacent to an activating group) is 1. The van der Waals surface area contributed by atoms with Crippen molar-refractivity contribution in [1.82, 2.24) is 5.32 Å². The number of ketones is 1. The number of fused-ring (bicyclic) bond motifs is 1. The average Bonchev–Trinajstić information content (AvgIpc) is 2.73. The molecule has 0 aliphatic rings. The fourth-order valence-electron chi connectivity index (χ4n) is 1.50. The molecule has 0 spiro atoms. The van der Waals surface area contributed by atoms with E-state index in [0.29, 0.717) is 5.56 Å². The van der Waals surface area contributed by atoms with Gasteiger partial charge in [0.05, 0.1) is 12.3 Å². The summed E-state index contributed by atoms with van der Waals surface area (Å²) in [6, 6.07) is 7.17. The van der Waals surface area contributed by atoms with Crippen LogP contribution in [0.15, 0.2) is 34.9 Å². The van der Waals surface area contributed by atoms with Gasteiger partial charge in [0.1, 0.15) is 5.58 Å². The van der Waals surface area contributed by atoms with Gasteiger partial charge in [0.2, 0.25) is 0 Å². The van der Waals surface area contributed by atoms with Crippen LogP contribution in [0.25, 0.3) is 11.0 Å². The van der Waals surface area contributed by atoms with E-state index in [0.717, 1.165) is 11.0 Å². The molecule has 3 nitrogen and oxygen atoms in total. The third-order valence-corrected chi connectivity index (χ3v) is 2.56. The molecule has 3 heteroatoms. The summed E-state index contributed by atoms with van der Waals surface area (Å²) in [5.74, 6) is 0.0978. The number of hydrogen-bond donors (Lipinski definition) is 1. The highest BCUT2D eigenvalue weighted by molar-refractivity contribution is 6.02. The first kappa shape index (κ1) is 9.93. The first-order valence-corrected chi connectivity index (χ1v) is 4.91. The second-order valence-electron chi connectivity index (χ2n) is 3.55. The maximum absolute atomic E-state index is 11.8. The summed E-state index contributed by atoms with van der Waals surface area (Å²) in [4.78, 5) is 11.8. The molecule has 0 bridgehead atoms. The quantitative estimate of drug-likeness (QED) is 0.778. The number of furan rings is 1. The smallest absolute Gasteiger partial charge is 0.179 e. The second kappa shape index (κ2) is 3.87. The lowest BCUT2D eigenvalue weighted by Gasteiger charge is -2.08. The van der Waals surface area contributed by atoms with Gasteiger partial charge in [-0.25, -0.2) is 0 Å². The Labute approximate surface area is 88.1 Å². The van der Waals surface area contributed by atoms with E-state index in [9.17, 15) is 4.79 Å². The second-order valence-corrected chi connectivity index (χ2v) is 3.55. The van der Waals surface area contributed by atoms with Gasteiger partial charge in [-0.3, -0.25) is 4.79 Å². The van der Waals surface area contributed by atoms with Gasteiger partial charge in [0.15, 0.2) is 5.78 Å². The van der Waals surface area contributed by atoms with Crippen LogP contribution in [0.1, 0.15) is 17.3 Å². The highest BCUT2D eigenvalue weighted by Crippen LogP contribution is 2.17. The Bertz CT molecular complexity index is 487. The summed E-state index contributed by atoms with van der Waals surface area (Å²) in [5, 5.41) is 3.89. The van der Waals surface area contributed by atoms with Crippen LogP contribution in [-0.2, 0) is 0 Å². The van der Waals surface area contributed by atoms with Crippen molar-refractivity contribution >= 4 is 16.8 Å². The van der Waals surface area contributed by atoms with Crippen LogP contribution in [0.4, 0.5) is 0 Å². The van der Waals surface area contributed by atoms with Gasteiger partial charge in [0.25, 0.3) is 0 Å². The molecule has 1 atom stereocenters. The van der Waals surface area contributed by atoms with Crippen LogP contribution in [0.2, 0.25) is 0 Å². The molecule has 1 heterocycles. The van der Waals surface area contributed by atoms with E-state index in [1.807, 2.05) is 25.1 Å². The molecule has 1 aromatic carbocycles. The van der Waals surface area contributed by atoms with Gasteiger partial charge in [-0.05, 0) is 38.2 Å². The van der Waals surface area contributed by atoms with Gasteiger partial charge in [-0.1, -0.05) is 0 Å². The topological polar surface area (TPSA) is 42.2 Å². The van der Waals surface area contributed by atoms with Gasteiger partial charge in [-0.15, -0.1) is 0 Å². The fraction of sp³-hybridized carbons (Fsp3) is 0.250. The van der Waals surface area contributed by atoms with Crippen molar-refractivity contribution in [3.05, 3.63) is 36.1 Å². The number of carbonyl (C=O) groups excluding carboxylic acids is 1. The van der Waals surface area contributed by atoms with Crippen LogP contribution < -0.4 is 5.32 Å². The average molecular weight is 203 g/mol. The number of carbonyl (C=O) groups is 1. The molecular weight excluding hydrogens is 190 g/mol. The molecule has 0 radical (unpaired) electrons. The monoisotopic (exact) mass is 203 g/mol. The van der Waals surface area contributed by atoms with E-state index in [-0.39, 0.29) is 11.8 Å². The number of rotatable bonds is 3. The van der Waals surface area contributed by atoms with Gasteiger partial charge in [-0.2, -0.15) is 0 Å². The first-order valence-electron chi connectivity index (χ1n) is 4.91. The highest BCUT2D eigenvalue weighted by atomic mass is 16.3. The summed E-state index contributed by atoms with van der Waals surface area (Å²) in [7, 11) is 1.78. The predicted octanol–water partition coefficient (Wildman–Crippen LogP) is 2.22. The van der Waals surface area contributed by atoms with Crippen molar-refractivity contribution in [1.29, 1.82) is 0 Å². The lowest BCUT2D eigenvalue weighted by molar-refractivity contribution is 0.0955. The number of Topliss-reactive ketones (excluding diaryl/α,β-unsaturated/α-hetero) is 1. The van der Waals surface area contributed by atoms with Crippen molar-refractivity contribution in [2.75, 3.05) is 7.05 Å². The number of nitrogens with one attached hydrogen (secondary N) is 1. The zero-order valence-corrected chi connectivity index (χ0v) is 8.78. The molecule has 1 aromatic heterocycles. The van der Waals surface area contributed by atoms with Gasteiger partial charge in [0, 0.05) is 10.9 Å². The molecule has 0 aliphatic carbocycles. The molecule has 15 heavy (non-hydrogen) atoms. The van der Waals surface area contributed by atoms with E-state index in [2.05, 4.69) is 5.32 Å². The molecule has 0 fully saturated rings. The minimum absolute atomic E-state index is 0.0978. The summed E-state index contributed by atoms with van der Waals surface area (Å²) in [5.41, 5.74) is 1.52. The van der Waals surface area contributed by atoms with Crippen molar-refractivity contribution < 1.29 is 9.21 Å². The van der Waals surface area contributed by atoms with E-state index in [1.54, 1.807) is 19.4 Å². The van der Waals surface area contributed by atoms with Crippen LogP contribution in [0, 0.1) is 0 Å². The third-order valence-electron chi connectivity index (χ3n) is 2.56. The van der Waals surface area contributed by atoms with Crippen LogP contribution in [-0.4, -0.2) is 18.9 Å². The summed E-state index contributed by atoms with van der Waals surface area (Å²) in [6.07, 6.45) is 1.63. The molecule has 1 N–H and O–H groups in total. The van der Waals surface area contributed by atoms with Crippen LogP contribution in [0.3, 0.4) is 0 Å². The van der Waals surface area contributed by atoms with Crippen molar-refractivity contribution in [2.24, 2.45) is 0 Å². The molecule has 0 aliphatic heterocycles. The molecule has 2 rings (SSSR count). The maximum atomic E-state index is 11.8. The minimum Gasteiger partial charge on any atom is -0.464 e. The Morgan fingerprint density at radius 2 is 2.20 bits per heavy atom. The molecule has 0 saturated carbocycles. The molecule has 0 unspecified atom stereocenters. The largest absolute Gasteiger partial charge is 0.464 e. The van der Waals surface area contributed by atoms with E-state index < -0.39 is 0 Å². The first-order chi connectivity index (χ1) is 7.22. The molecule has 78 valence electrons. The maximum Gasteiger partial charge on any atom is 0.179 e. The van der Waals surface area contributed by atoms with E-state index in [1.165, 1.54) is 0 Å². The Hall–Kier alpha value is -1.61. The Morgan fingerprint density at radius 3 is 2.93 bits per heavy atom. The normalized spacial score (nSPS) is 12.9. The van der Waals surface area contributed by atoms with Crippen molar-refractivity contribution in [3.8, 4) is 0 Å². The molecular formula is C12H13NO2. The van der Waals surface area contributed by atoms with Gasteiger partial charge >= 0.3 is 0 Å². The van der Waals surface area contributed by atoms with E-state index >= 15 is 0 Å². The Balaban J connectivity index is 2.39.